The molecule has 2 aromatic carbocycles. The van der Waals surface area contributed by atoms with E-state index in [0.717, 1.165) is 28.8 Å². The SMILES string of the molecule is Cc1ccc(C)c(NC(=O)C2N([C@@H](CO)CC(C)C)C(=O)[C@@H]3[C@H](C(=O)NCc4ccccc4)[C@@H]4CCC23S4)c1. The molecule has 39 heavy (non-hydrogen) atoms. The maximum atomic E-state index is 14.3. The van der Waals surface area contributed by atoms with Gasteiger partial charge >= 0.3 is 0 Å². The van der Waals surface area contributed by atoms with Crippen molar-refractivity contribution in [3.05, 3.63) is 65.2 Å². The summed E-state index contributed by atoms with van der Waals surface area (Å²) >= 11 is 1.65. The Balaban J connectivity index is 1.48. The Hall–Kier alpha value is -2.84. The van der Waals surface area contributed by atoms with Gasteiger partial charge in [0, 0.05) is 17.5 Å². The molecule has 208 valence electrons. The van der Waals surface area contributed by atoms with Crippen LogP contribution in [0.25, 0.3) is 0 Å². The van der Waals surface area contributed by atoms with Gasteiger partial charge in [0.05, 0.1) is 29.2 Å². The molecule has 2 bridgehead atoms. The van der Waals surface area contributed by atoms with Crippen molar-refractivity contribution in [1.29, 1.82) is 0 Å². The third-order valence-electron chi connectivity index (χ3n) is 8.60. The maximum Gasteiger partial charge on any atom is 0.248 e. The summed E-state index contributed by atoms with van der Waals surface area (Å²) in [6, 6.07) is 14.4. The standard InChI is InChI=1S/C31H39N3O4S/c1-18(2)14-22(17-35)34-27(29(37)33-23-15-19(3)10-11-20(23)4)31-13-12-24(39-31)25(26(31)30(34)38)28(36)32-16-21-8-6-5-7-9-21/h5-11,15,18,22,24-27,35H,12-14,16-17H2,1-4H3,(H,32,36)(H,33,37)/t22-,24+,25-,26+,27?,31?/m1/s1. The number of carbonyl (C=O) groups excluding carboxylic acids is 3. The molecule has 5 rings (SSSR count). The van der Waals surface area contributed by atoms with Gasteiger partial charge in [-0.25, -0.2) is 0 Å². The molecule has 1 spiro atoms. The average Bonchev–Trinajstić information content (AvgIpc) is 3.56. The molecule has 0 aliphatic carbocycles. The lowest BCUT2D eigenvalue weighted by Crippen LogP contribution is -2.55. The first-order valence-corrected chi connectivity index (χ1v) is 14.8. The maximum absolute atomic E-state index is 14.3. The number of benzene rings is 2. The van der Waals surface area contributed by atoms with E-state index in [-0.39, 0.29) is 35.5 Å². The highest BCUT2D eigenvalue weighted by Crippen LogP contribution is 2.66. The number of amides is 3. The number of aryl methyl sites for hydroxylation is 2. The van der Waals surface area contributed by atoms with Gasteiger partial charge in [0.2, 0.25) is 17.7 Å². The number of likely N-dealkylation sites (tertiary alicyclic amines) is 1. The number of aliphatic hydroxyl groups excluding tert-OH is 1. The molecule has 3 heterocycles. The summed E-state index contributed by atoms with van der Waals surface area (Å²) < 4.78 is -0.692. The molecule has 6 atom stereocenters. The number of nitrogens with one attached hydrogen (secondary N) is 2. The van der Waals surface area contributed by atoms with Crippen LogP contribution in [-0.2, 0) is 20.9 Å². The number of thioether (sulfide) groups is 1. The number of aliphatic hydroxyl groups is 1. The van der Waals surface area contributed by atoms with Crippen LogP contribution in [0.1, 0.15) is 49.8 Å². The zero-order valence-corrected chi connectivity index (χ0v) is 24.0. The van der Waals surface area contributed by atoms with Crippen LogP contribution in [0.2, 0.25) is 0 Å². The van der Waals surface area contributed by atoms with E-state index >= 15 is 0 Å². The van der Waals surface area contributed by atoms with Crippen LogP contribution in [0, 0.1) is 31.6 Å². The fraction of sp³-hybridized carbons (Fsp3) is 0.516. The van der Waals surface area contributed by atoms with E-state index in [0.29, 0.717) is 19.4 Å². The second kappa shape index (κ2) is 11.0. The average molecular weight is 550 g/mol. The number of fused-ring (bicyclic) bond motifs is 1. The summed E-state index contributed by atoms with van der Waals surface area (Å²) in [5, 5.41) is 16.6. The third kappa shape index (κ3) is 4.97. The first-order valence-electron chi connectivity index (χ1n) is 14.0. The molecule has 3 aliphatic rings. The van der Waals surface area contributed by atoms with Crippen molar-refractivity contribution in [2.45, 2.75) is 75.6 Å². The second-order valence-electron chi connectivity index (χ2n) is 11.8. The van der Waals surface area contributed by atoms with E-state index in [1.54, 1.807) is 16.7 Å². The van der Waals surface area contributed by atoms with Crippen LogP contribution in [0.4, 0.5) is 5.69 Å². The molecule has 2 aromatic rings. The highest BCUT2D eigenvalue weighted by Gasteiger charge is 2.74. The molecule has 7 nitrogen and oxygen atoms in total. The molecule has 3 amide bonds. The number of carbonyl (C=O) groups is 3. The lowest BCUT2D eigenvalue weighted by Gasteiger charge is -2.37. The third-order valence-corrected chi connectivity index (χ3v) is 10.5. The fourth-order valence-electron chi connectivity index (χ4n) is 6.88. The molecule has 0 aromatic heterocycles. The molecule has 2 unspecified atom stereocenters. The highest BCUT2D eigenvalue weighted by atomic mass is 32.2. The minimum atomic E-state index is -0.757. The molecule has 3 N–H and O–H groups in total. The summed E-state index contributed by atoms with van der Waals surface area (Å²) in [6.07, 6.45) is 2.06. The van der Waals surface area contributed by atoms with Crippen molar-refractivity contribution in [2.75, 3.05) is 11.9 Å². The van der Waals surface area contributed by atoms with Crippen LogP contribution >= 0.6 is 11.8 Å². The van der Waals surface area contributed by atoms with E-state index in [4.69, 9.17) is 0 Å². The summed E-state index contributed by atoms with van der Waals surface area (Å²) in [4.78, 5) is 43.7. The number of hydrogen-bond donors (Lipinski definition) is 3. The van der Waals surface area contributed by atoms with Gasteiger partial charge in [-0.15, -0.1) is 11.8 Å². The predicted octanol–water partition coefficient (Wildman–Crippen LogP) is 4.06. The minimum Gasteiger partial charge on any atom is -0.394 e. The quantitative estimate of drug-likeness (QED) is 0.438. The molecular formula is C31H39N3O4S. The lowest BCUT2D eigenvalue weighted by molar-refractivity contribution is -0.142. The van der Waals surface area contributed by atoms with Crippen LogP contribution in [0.3, 0.4) is 0 Å². The smallest absolute Gasteiger partial charge is 0.248 e. The highest BCUT2D eigenvalue weighted by molar-refractivity contribution is 8.02. The van der Waals surface area contributed by atoms with Gasteiger partial charge in [-0.05, 0) is 61.8 Å². The number of nitrogens with zero attached hydrogens (tertiary/aromatic N) is 1. The monoisotopic (exact) mass is 549 g/mol. The lowest BCUT2D eigenvalue weighted by atomic mass is 9.70. The summed E-state index contributed by atoms with van der Waals surface area (Å²) in [7, 11) is 0. The van der Waals surface area contributed by atoms with Crippen LogP contribution < -0.4 is 10.6 Å². The Labute approximate surface area is 235 Å². The topological polar surface area (TPSA) is 98.7 Å². The van der Waals surface area contributed by atoms with Crippen molar-refractivity contribution >= 4 is 35.2 Å². The Kier molecular flexibility index (Phi) is 7.80. The Morgan fingerprint density at radius 3 is 2.56 bits per heavy atom. The molecule has 0 radical (unpaired) electrons. The van der Waals surface area contributed by atoms with E-state index in [1.165, 1.54) is 0 Å². The van der Waals surface area contributed by atoms with Crippen molar-refractivity contribution in [1.82, 2.24) is 10.2 Å². The van der Waals surface area contributed by atoms with Crippen molar-refractivity contribution in [2.24, 2.45) is 17.8 Å². The molecule has 0 saturated carbocycles. The van der Waals surface area contributed by atoms with E-state index in [1.807, 2.05) is 76.2 Å². The summed E-state index contributed by atoms with van der Waals surface area (Å²) in [5.41, 5.74) is 3.71. The normalized spacial score (nSPS) is 28.1. The van der Waals surface area contributed by atoms with Gasteiger partial charge in [-0.2, -0.15) is 0 Å². The summed E-state index contributed by atoms with van der Waals surface area (Å²) in [6.45, 7) is 8.20. The van der Waals surface area contributed by atoms with E-state index in [9.17, 15) is 19.5 Å². The first-order chi connectivity index (χ1) is 18.7. The van der Waals surface area contributed by atoms with Gasteiger partial charge in [-0.1, -0.05) is 56.3 Å². The molecule has 3 aliphatic heterocycles. The van der Waals surface area contributed by atoms with Gasteiger partial charge in [0.1, 0.15) is 6.04 Å². The molecular weight excluding hydrogens is 510 g/mol. The molecule has 3 saturated heterocycles. The van der Waals surface area contributed by atoms with Crippen molar-refractivity contribution < 1.29 is 19.5 Å². The Morgan fingerprint density at radius 1 is 1.13 bits per heavy atom. The van der Waals surface area contributed by atoms with Gasteiger partial charge in [0.15, 0.2) is 0 Å². The number of hydrogen-bond acceptors (Lipinski definition) is 5. The minimum absolute atomic E-state index is 0.00875. The fourth-order valence-corrected chi connectivity index (χ4v) is 9.08. The van der Waals surface area contributed by atoms with Crippen molar-refractivity contribution in [3.8, 4) is 0 Å². The number of rotatable bonds is 9. The summed E-state index contributed by atoms with van der Waals surface area (Å²) in [5.74, 6) is -1.40. The van der Waals surface area contributed by atoms with Gasteiger partial charge in [0.25, 0.3) is 0 Å². The largest absolute Gasteiger partial charge is 0.394 e. The van der Waals surface area contributed by atoms with Gasteiger partial charge in [-0.3, -0.25) is 14.4 Å². The van der Waals surface area contributed by atoms with E-state index in [2.05, 4.69) is 10.6 Å². The predicted molar refractivity (Wildman–Crippen MR) is 154 cm³/mol. The van der Waals surface area contributed by atoms with Gasteiger partial charge < -0.3 is 20.6 Å². The Bertz CT molecular complexity index is 1250. The second-order valence-corrected chi connectivity index (χ2v) is 13.4. The van der Waals surface area contributed by atoms with Crippen LogP contribution in [-0.4, -0.2) is 56.4 Å². The zero-order chi connectivity index (χ0) is 27.9. The zero-order valence-electron chi connectivity index (χ0n) is 23.1. The number of anilines is 1. The first kappa shape index (κ1) is 27.7. The molecule has 3 fully saturated rings. The van der Waals surface area contributed by atoms with Crippen LogP contribution in [0.15, 0.2) is 48.5 Å². The molecule has 8 heteroatoms. The van der Waals surface area contributed by atoms with Crippen molar-refractivity contribution in [3.63, 3.8) is 0 Å². The Morgan fingerprint density at radius 2 is 1.87 bits per heavy atom. The van der Waals surface area contributed by atoms with E-state index < -0.39 is 28.7 Å². The van der Waals surface area contributed by atoms with Crippen LogP contribution in [0.5, 0.6) is 0 Å².